The van der Waals surface area contributed by atoms with Crippen LogP contribution in [-0.2, 0) is 4.79 Å². The second kappa shape index (κ2) is 8.20. The number of aryl methyl sites for hydroxylation is 2. The van der Waals surface area contributed by atoms with Crippen LogP contribution in [0, 0.1) is 19.8 Å². The van der Waals surface area contributed by atoms with Crippen LogP contribution in [0.3, 0.4) is 0 Å². The summed E-state index contributed by atoms with van der Waals surface area (Å²) in [6.07, 6.45) is 4.73. The zero-order chi connectivity index (χ0) is 18.7. The molecule has 0 spiro atoms. The summed E-state index contributed by atoms with van der Waals surface area (Å²) in [6, 6.07) is 6.47. The minimum Gasteiger partial charge on any atom is -0.352 e. The molecule has 1 aliphatic rings. The molecular weight excluding hydrogens is 346 g/mol. The Kier molecular flexibility index (Phi) is 5.96. The van der Waals surface area contributed by atoms with Gasteiger partial charge in [0.1, 0.15) is 0 Å². The van der Waals surface area contributed by atoms with E-state index in [1.54, 1.807) is 4.68 Å². The molecule has 1 aromatic heterocycles. The molecule has 1 aliphatic carbocycles. The molecule has 0 bridgehead atoms. The van der Waals surface area contributed by atoms with Gasteiger partial charge < -0.3 is 5.32 Å². The predicted octanol–water partition coefficient (Wildman–Crippen LogP) is 3.45. The lowest BCUT2D eigenvalue weighted by molar-refractivity contribution is -0.121. The van der Waals surface area contributed by atoms with Crippen LogP contribution in [0.1, 0.15) is 50.7 Å². The van der Waals surface area contributed by atoms with Gasteiger partial charge in [0.2, 0.25) is 11.1 Å². The molecule has 1 amide bonds. The van der Waals surface area contributed by atoms with Gasteiger partial charge in [-0.2, -0.15) is 4.68 Å². The number of amides is 1. The van der Waals surface area contributed by atoms with Crippen LogP contribution >= 0.6 is 11.8 Å². The fraction of sp³-hybridized carbons (Fsp3) is 0.579. The van der Waals surface area contributed by atoms with Gasteiger partial charge in [-0.15, -0.1) is 5.10 Å². The lowest BCUT2D eigenvalue weighted by atomic mass is 9.86. The van der Waals surface area contributed by atoms with Crippen molar-refractivity contribution in [2.75, 3.05) is 0 Å². The van der Waals surface area contributed by atoms with E-state index in [0.717, 1.165) is 23.2 Å². The van der Waals surface area contributed by atoms with Crippen LogP contribution in [0.5, 0.6) is 0 Å². The van der Waals surface area contributed by atoms with Crippen LogP contribution in [0.2, 0.25) is 0 Å². The van der Waals surface area contributed by atoms with Crippen LogP contribution in [0.25, 0.3) is 5.69 Å². The molecule has 6 nitrogen and oxygen atoms in total. The Morgan fingerprint density at radius 3 is 2.85 bits per heavy atom. The highest BCUT2D eigenvalue weighted by atomic mass is 32.2. The largest absolute Gasteiger partial charge is 0.352 e. The second-order valence-electron chi connectivity index (χ2n) is 7.30. The van der Waals surface area contributed by atoms with E-state index in [9.17, 15) is 4.79 Å². The Balaban J connectivity index is 1.70. The van der Waals surface area contributed by atoms with Gasteiger partial charge in [-0.25, -0.2) is 0 Å². The summed E-state index contributed by atoms with van der Waals surface area (Å²) in [6.45, 7) is 8.21. The molecule has 1 heterocycles. The van der Waals surface area contributed by atoms with E-state index < -0.39 is 0 Å². The Morgan fingerprint density at radius 2 is 2.08 bits per heavy atom. The van der Waals surface area contributed by atoms with Gasteiger partial charge in [0.25, 0.3) is 0 Å². The molecule has 7 heteroatoms. The van der Waals surface area contributed by atoms with Crippen LogP contribution in [0.15, 0.2) is 23.4 Å². The van der Waals surface area contributed by atoms with Crippen LogP contribution < -0.4 is 5.32 Å². The third-order valence-corrected chi connectivity index (χ3v) is 6.16. The van der Waals surface area contributed by atoms with Crippen molar-refractivity contribution in [1.29, 1.82) is 0 Å². The molecule has 2 aromatic rings. The summed E-state index contributed by atoms with van der Waals surface area (Å²) in [4.78, 5) is 12.6. The molecule has 0 unspecified atom stereocenters. The summed E-state index contributed by atoms with van der Waals surface area (Å²) in [5.41, 5.74) is 3.19. The number of nitrogens with one attached hydrogen (secondary N) is 1. The standard InChI is InChI=1S/C19H27N5OS/c1-12-9-10-14(3)17(11-12)24-19(21-22-23-24)26-15(4)18(25)20-16-8-6-5-7-13(16)2/h9-11,13,15-16H,5-8H2,1-4H3,(H,20,25)/t13-,15+,16+/m0/s1. The molecular formula is C19H27N5OS. The molecule has 1 saturated carbocycles. The summed E-state index contributed by atoms with van der Waals surface area (Å²) < 4.78 is 1.72. The maximum atomic E-state index is 12.6. The quantitative estimate of drug-likeness (QED) is 0.813. The van der Waals surface area contributed by atoms with E-state index in [-0.39, 0.29) is 17.2 Å². The normalized spacial score (nSPS) is 21.4. The third kappa shape index (κ3) is 4.26. The summed E-state index contributed by atoms with van der Waals surface area (Å²) >= 11 is 1.40. The highest BCUT2D eigenvalue weighted by Gasteiger charge is 2.26. The molecule has 26 heavy (non-hydrogen) atoms. The first-order valence-electron chi connectivity index (χ1n) is 9.28. The first-order chi connectivity index (χ1) is 12.5. The van der Waals surface area contributed by atoms with Gasteiger partial charge in [0.15, 0.2) is 0 Å². The molecule has 0 aliphatic heterocycles. The van der Waals surface area contributed by atoms with E-state index in [1.165, 1.54) is 31.0 Å². The van der Waals surface area contributed by atoms with Gasteiger partial charge in [0.05, 0.1) is 10.9 Å². The lowest BCUT2D eigenvalue weighted by Crippen LogP contribution is -2.44. The Hall–Kier alpha value is -1.89. The average Bonchev–Trinajstić information content (AvgIpc) is 3.07. The van der Waals surface area contributed by atoms with Gasteiger partial charge in [-0.1, -0.05) is 43.7 Å². The highest BCUT2D eigenvalue weighted by molar-refractivity contribution is 8.00. The molecule has 3 rings (SSSR count). The molecule has 1 N–H and O–H groups in total. The fourth-order valence-electron chi connectivity index (χ4n) is 3.39. The van der Waals surface area contributed by atoms with E-state index in [0.29, 0.717) is 11.1 Å². The Morgan fingerprint density at radius 1 is 1.31 bits per heavy atom. The SMILES string of the molecule is Cc1ccc(C)c(-n2nnnc2S[C@H](C)C(=O)N[C@@H]2CCCC[C@@H]2C)c1. The number of hydrogen-bond acceptors (Lipinski definition) is 5. The molecule has 1 fully saturated rings. The van der Waals surface area contributed by atoms with Crippen molar-refractivity contribution >= 4 is 17.7 Å². The average molecular weight is 374 g/mol. The Labute approximate surface area is 159 Å². The van der Waals surface area contributed by atoms with Crippen molar-refractivity contribution < 1.29 is 4.79 Å². The summed E-state index contributed by atoms with van der Waals surface area (Å²) in [5, 5.41) is 15.7. The smallest absolute Gasteiger partial charge is 0.233 e. The number of nitrogens with zero attached hydrogens (tertiary/aromatic N) is 4. The number of carbonyl (C=O) groups is 1. The predicted molar refractivity (Wildman–Crippen MR) is 104 cm³/mol. The molecule has 1 aromatic carbocycles. The molecule has 0 radical (unpaired) electrons. The number of thioether (sulfide) groups is 1. The van der Waals surface area contributed by atoms with Crippen molar-refractivity contribution in [3.63, 3.8) is 0 Å². The van der Waals surface area contributed by atoms with E-state index in [4.69, 9.17) is 0 Å². The van der Waals surface area contributed by atoms with Gasteiger partial charge >= 0.3 is 0 Å². The molecule has 0 saturated heterocycles. The van der Waals surface area contributed by atoms with Crippen molar-refractivity contribution in [3.05, 3.63) is 29.3 Å². The number of hydrogen-bond donors (Lipinski definition) is 1. The fourth-order valence-corrected chi connectivity index (χ4v) is 4.20. The van der Waals surface area contributed by atoms with Crippen molar-refractivity contribution in [2.24, 2.45) is 5.92 Å². The van der Waals surface area contributed by atoms with Crippen molar-refractivity contribution in [1.82, 2.24) is 25.5 Å². The van der Waals surface area contributed by atoms with Gasteiger partial charge in [-0.3, -0.25) is 4.79 Å². The van der Waals surface area contributed by atoms with Crippen molar-refractivity contribution in [3.8, 4) is 5.69 Å². The van der Waals surface area contributed by atoms with Crippen molar-refractivity contribution in [2.45, 2.75) is 69.8 Å². The topological polar surface area (TPSA) is 72.7 Å². The molecule has 3 atom stereocenters. The maximum Gasteiger partial charge on any atom is 0.233 e. The van der Waals surface area contributed by atoms with Crippen LogP contribution in [0.4, 0.5) is 0 Å². The minimum atomic E-state index is -0.251. The molecule has 140 valence electrons. The zero-order valence-electron chi connectivity index (χ0n) is 15.9. The summed E-state index contributed by atoms with van der Waals surface area (Å²) in [7, 11) is 0. The van der Waals surface area contributed by atoms with Gasteiger partial charge in [0, 0.05) is 6.04 Å². The highest BCUT2D eigenvalue weighted by Crippen LogP contribution is 2.27. The van der Waals surface area contributed by atoms with E-state index in [2.05, 4.69) is 46.0 Å². The number of benzene rings is 1. The summed E-state index contributed by atoms with van der Waals surface area (Å²) in [5.74, 6) is 0.606. The van der Waals surface area contributed by atoms with E-state index in [1.807, 2.05) is 20.8 Å². The number of rotatable bonds is 5. The monoisotopic (exact) mass is 373 g/mol. The number of tetrazole rings is 1. The minimum absolute atomic E-state index is 0.0595. The number of carbonyl (C=O) groups excluding carboxylic acids is 1. The van der Waals surface area contributed by atoms with E-state index >= 15 is 0 Å². The first kappa shape index (κ1) is 18.9. The number of aromatic nitrogens is 4. The lowest BCUT2D eigenvalue weighted by Gasteiger charge is -2.30. The third-order valence-electron chi connectivity index (χ3n) is 5.12. The Bertz CT molecular complexity index is 775. The maximum absolute atomic E-state index is 12.6. The zero-order valence-corrected chi connectivity index (χ0v) is 16.7. The second-order valence-corrected chi connectivity index (χ2v) is 8.61. The first-order valence-corrected chi connectivity index (χ1v) is 10.2. The van der Waals surface area contributed by atoms with Gasteiger partial charge in [-0.05, 0) is 67.2 Å². The van der Waals surface area contributed by atoms with Crippen LogP contribution in [-0.4, -0.2) is 37.4 Å².